The Bertz CT molecular complexity index is 1120. The fourth-order valence-electron chi connectivity index (χ4n) is 3.47. The summed E-state index contributed by atoms with van der Waals surface area (Å²) in [6, 6.07) is 6.00. The molecule has 0 aliphatic carbocycles. The molecule has 0 spiro atoms. The van der Waals surface area contributed by atoms with Crippen molar-refractivity contribution in [3.63, 3.8) is 0 Å². The summed E-state index contributed by atoms with van der Waals surface area (Å²) in [4.78, 5) is 4.06. The molecular formula is C22H26F4N3O3S+. The van der Waals surface area contributed by atoms with E-state index in [0.29, 0.717) is 0 Å². The Balaban J connectivity index is 2.32. The number of aromatic nitrogens is 1. The fraction of sp³-hybridized carbons (Fsp3) is 0.455. The Kier molecular flexibility index (Phi) is 6.23. The van der Waals surface area contributed by atoms with Gasteiger partial charge in [0, 0.05) is 19.0 Å². The minimum atomic E-state index is -5.13. The van der Waals surface area contributed by atoms with Crippen LogP contribution in [0.3, 0.4) is 0 Å². The first-order valence-electron chi connectivity index (χ1n) is 10.0. The first-order valence-corrected chi connectivity index (χ1v) is 11.1. The minimum Gasteiger partial charge on any atom is -0.483 e. The van der Waals surface area contributed by atoms with Crippen molar-refractivity contribution < 1.29 is 35.6 Å². The van der Waals surface area contributed by atoms with Crippen molar-refractivity contribution in [1.82, 2.24) is 4.98 Å². The van der Waals surface area contributed by atoms with Gasteiger partial charge in [-0.25, -0.2) is 9.37 Å². The highest BCUT2D eigenvalue weighted by atomic mass is 32.2. The van der Waals surface area contributed by atoms with Crippen molar-refractivity contribution in [2.24, 2.45) is 5.73 Å². The molecule has 3 atom stereocenters. The number of benzene rings is 1. The summed E-state index contributed by atoms with van der Waals surface area (Å²) in [6.45, 7) is 9.48. The van der Waals surface area contributed by atoms with E-state index < -0.39 is 51.1 Å². The van der Waals surface area contributed by atoms with Crippen LogP contribution in [-0.4, -0.2) is 49.1 Å². The average Bonchev–Trinajstić information content (AvgIpc) is 3.08. The SMILES string of the molecule is C=[N+](S(=O)C(C)(C)C)C1(C)COc2c1cc(C(O)(CN)C(F)(F)F)nc2-c1ccc(F)cc1. The quantitative estimate of drug-likeness (QED) is 0.383. The molecule has 2 aromatic rings. The van der Waals surface area contributed by atoms with Gasteiger partial charge in [-0.1, -0.05) is 0 Å². The third-order valence-corrected chi connectivity index (χ3v) is 7.48. The second kappa shape index (κ2) is 8.14. The number of nitrogens with zero attached hydrogens (tertiary/aromatic N) is 2. The molecule has 3 N–H and O–H groups in total. The molecule has 0 saturated heterocycles. The van der Waals surface area contributed by atoms with Gasteiger partial charge in [0.1, 0.15) is 18.2 Å². The number of nitrogens with two attached hydrogens (primary N) is 1. The van der Waals surface area contributed by atoms with Crippen molar-refractivity contribution in [2.45, 2.75) is 49.8 Å². The van der Waals surface area contributed by atoms with Crippen LogP contribution < -0.4 is 10.5 Å². The highest BCUT2D eigenvalue weighted by Gasteiger charge is 2.58. The first-order chi connectivity index (χ1) is 15.1. The van der Waals surface area contributed by atoms with E-state index >= 15 is 0 Å². The lowest BCUT2D eigenvalue weighted by Gasteiger charge is -2.30. The molecule has 3 unspecified atom stereocenters. The maximum Gasteiger partial charge on any atom is 0.424 e. The van der Waals surface area contributed by atoms with E-state index in [2.05, 4.69) is 11.7 Å². The van der Waals surface area contributed by atoms with Crippen LogP contribution in [0.5, 0.6) is 5.75 Å². The van der Waals surface area contributed by atoms with Crippen LogP contribution >= 0.6 is 0 Å². The van der Waals surface area contributed by atoms with Crippen LogP contribution in [0.25, 0.3) is 11.3 Å². The monoisotopic (exact) mass is 488 g/mol. The van der Waals surface area contributed by atoms with E-state index in [-0.39, 0.29) is 29.2 Å². The normalized spacial score (nSPS) is 21.2. The number of alkyl halides is 3. The molecule has 0 radical (unpaired) electrons. The second-order valence-electron chi connectivity index (χ2n) is 9.10. The summed E-state index contributed by atoms with van der Waals surface area (Å²) in [5.41, 5.74) is 0.377. The van der Waals surface area contributed by atoms with E-state index in [0.717, 1.165) is 18.2 Å². The molecule has 6 nitrogen and oxygen atoms in total. The van der Waals surface area contributed by atoms with Gasteiger partial charge in [0.25, 0.3) is 11.0 Å². The summed E-state index contributed by atoms with van der Waals surface area (Å²) in [5, 5.41) is 10.5. The van der Waals surface area contributed by atoms with Gasteiger partial charge in [-0.05, 0) is 51.1 Å². The molecule has 0 fully saturated rings. The van der Waals surface area contributed by atoms with Gasteiger partial charge in [0.2, 0.25) is 11.1 Å². The first kappa shape index (κ1) is 25.3. The largest absolute Gasteiger partial charge is 0.483 e. The van der Waals surface area contributed by atoms with E-state index in [4.69, 9.17) is 10.5 Å². The predicted octanol–water partition coefficient (Wildman–Crippen LogP) is 3.38. The number of hydrogen-bond donors (Lipinski definition) is 2. The molecule has 180 valence electrons. The number of fused-ring (bicyclic) bond motifs is 1. The number of pyridine rings is 1. The van der Waals surface area contributed by atoms with Crippen LogP contribution in [0.15, 0.2) is 30.3 Å². The smallest absolute Gasteiger partial charge is 0.424 e. The van der Waals surface area contributed by atoms with Crippen LogP contribution in [0, 0.1) is 5.82 Å². The molecule has 0 bridgehead atoms. The standard InChI is InChI=1S/C22H26F4N3O3S/c1-19(2,3)33(31)29(5)20(4)12-32-18-15(20)10-16(21(30,11-27)22(24,25)26)28-17(18)13-6-8-14(23)9-7-13/h6-10,30H,5,11-12,27H2,1-4H3/q+1. The minimum absolute atomic E-state index is 0.0303. The highest BCUT2D eigenvalue weighted by molar-refractivity contribution is 7.80. The van der Waals surface area contributed by atoms with Crippen molar-refractivity contribution >= 4 is 17.7 Å². The molecule has 1 aliphatic rings. The Morgan fingerprint density at radius 3 is 2.33 bits per heavy atom. The number of hydrogen-bond acceptors (Lipinski definition) is 5. The van der Waals surface area contributed by atoms with E-state index in [9.17, 15) is 26.9 Å². The Morgan fingerprint density at radius 1 is 1.27 bits per heavy atom. The van der Waals surface area contributed by atoms with Crippen LogP contribution in [0.1, 0.15) is 39.0 Å². The Morgan fingerprint density at radius 2 is 1.85 bits per heavy atom. The number of rotatable bonds is 5. The maximum atomic E-state index is 13.8. The molecule has 3 rings (SSSR count). The molecule has 0 amide bonds. The predicted molar refractivity (Wildman–Crippen MR) is 117 cm³/mol. The molecule has 1 aromatic heterocycles. The average molecular weight is 489 g/mol. The van der Waals surface area contributed by atoms with E-state index in [1.54, 1.807) is 27.7 Å². The molecule has 11 heteroatoms. The number of ether oxygens (including phenoxy) is 1. The van der Waals surface area contributed by atoms with Crippen molar-refractivity contribution in [1.29, 1.82) is 0 Å². The van der Waals surface area contributed by atoms with Gasteiger partial charge >= 0.3 is 6.18 Å². The van der Waals surface area contributed by atoms with Crippen LogP contribution in [-0.2, 0) is 22.1 Å². The summed E-state index contributed by atoms with van der Waals surface area (Å²) in [7, 11) is -1.66. The summed E-state index contributed by atoms with van der Waals surface area (Å²) in [6.07, 6.45) is -5.13. The maximum absolute atomic E-state index is 13.8. The molecule has 1 aromatic carbocycles. The van der Waals surface area contributed by atoms with Crippen LogP contribution in [0.2, 0.25) is 0 Å². The lowest BCUT2D eigenvalue weighted by molar-refractivity contribution is -0.461. The Labute approximate surface area is 191 Å². The third kappa shape index (κ3) is 4.17. The second-order valence-corrected chi connectivity index (χ2v) is 11.3. The zero-order valence-corrected chi connectivity index (χ0v) is 19.5. The molecule has 0 saturated carbocycles. The number of halogens is 4. The van der Waals surface area contributed by atoms with E-state index in [1.807, 2.05) is 0 Å². The summed E-state index contributed by atoms with van der Waals surface area (Å²) >= 11 is 0. The molecule has 2 heterocycles. The molecule has 1 aliphatic heterocycles. The zero-order valence-electron chi connectivity index (χ0n) is 18.7. The van der Waals surface area contributed by atoms with E-state index in [1.165, 1.54) is 16.1 Å². The highest BCUT2D eigenvalue weighted by Crippen LogP contribution is 2.48. The van der Waals surface area contributed by atoms with Gasteiger partial charge in [-0.15, -0.1) is 3.98 Å². The number of aliphatic hydroxyl groups is 1. The van der Waals surface area contributed by atoms with Gasteiger partial charge in [0.15, 0.2) is 12.4 Å². The van der Waals surface area contributed by atoms with Gasteiger partial charge in [-0.2, -0.15) is 17.4 Å². The van der Waals surface area contributed by atoms with Crippen molar-refractivity contribution in [2.75, 3.05) is 13.2 Å². The van der Waals surface area contributed by atoms with Crippen molar-refractivity contribution in [3.05, 3.63) is 47.4 Å². The zero-order chi connectivity index (χ0) is 25.0. The molecular weight excluding hydrogens is 462 g/mol. The van der Waals surface area contributed by atoms with Gasteiger partial charge in [0.05, 0.1) is 16.0 Å². The summed E-state index contributed by atoms with van der Waals surface area (Å²) < 4.78 is 74.5. The van der Waals surface area contributed by atoms with Gasteiger partial charge < -0.3 is 15.6 Å². The lowest BCUT2D eigenvalue weighted by Crippen LogP contribution is -2.49. The lowest BCUT2D eigenvalue weighted by atomic mass is 9.89. The topological polar surface area (TPSA) is 88.5 Å². The fourth-order valence-corrected chi connectivity index (χ4v) is 4.65. The van der Waals surface area contributed by atoms with Crippen LogP contribution in [0.4, 0.5) is 17.6 Å². The Hall–Kier alpha value is -2.37. The van der Waals surface area contributed by atoms with Gasteiger partial charge in [-0.3, -0.25) is 0 Å². The third-order valence-electron chi connectivity index (χ3n) is 5.63. The molecule has 33 heavy (non-hydrogen) atoms. The van der Waals surface area contributed by atoms with Crippen molar-refractivity contribution in [3.8, 4) is 17.0 Å². The summed E-state index contributed by atoms with van der Waals surface area (Å²) in [5.74, 6) is -0.412.